The molecule has 1 atom stereocenters. The molecule has 1 unspecified atom stereocenters. The van der Waals surface area contributed by atoms with Gasteiger partial charge < -0.3 is 5.32 Å². The Labute approximate surface area is 121 Å². The van der Waals surface area contributed by atoms with Crippen molar-refractivity contribution < 1.29 is 8.42 Å². The van der Waals surface area contributed by atoms with Crippen LogP contribution in [-0.4, -0.2) is 36.2 Å². The van der Waals surface area contributed by atoms with Crippen molar-refractivity contribution in [3.8, 4) is 0 Å². The van der Waals surface area contributed by atoms with Gasteiger partial charge >= 0.3 is 0 Å². The van der Waals surface area contributed by atoms with Gasteiger partial charge in [-0.15, -0.1) is 0 Å². The molecular formula is C14H23N3O2S. The van der Waals surface area contributed by atoms with E-state index in [1.807, 2.05) is 25.5 Å². The number of hydrogen-bond donors (Lipinski definition) is 1. The van der Waals surface area contributed by atoms with Gasteiger partial charge in [0.1, 0.15) is 0 Å². The molecule has 0 amide bonds. The molecule has 1 aliphatic rings. The zero-order chi connectivity index (χ0) is 14.9. The molecule has 0 spiro atoms. The largest absolute Gasteiger partial charge is 0.309 e. The second-order valence-electron chi connectivity index (χ2n) is 5.71. The Hall–Kier alpha value is -1.14. The van der Waals surface area contributed by atoms with Gasteiger partial charge in [0.15, 0.2) is 9.84 Å². The number of rotatable bonds is 5. The van der Waals surface area contributed by atoms with Crippen LogP contribution in [0, 0.1) is 13.8 Å². The number of nitrogens with one attached hydrogen (secondary N) is 1. The Balaban J connectivity index is 2.14. The van der Waals surface area contributed by atoms with E-state index in [0.29, 0.717) is 6.42 Å². The Bertz CT molecular complexity index is 617. The quantitative estimate of drug-likeness (QED) is 0.837. The van der Waals surface area contributed by atoms with Crippen LogP contribution in [0.3, 0.4) is 0 Å². The van der Waals surface area contributed by atoms with Crippen LogP contribution >= 0.6 is 0 Å². The van der Waals surface area contributed by atoms with Gasteiger partial charge in [-0.1, -0.05) is 12.2 Å². The molecule has 6 heteroatoms. The summed E-state index contributed by atoms with van der Waals surface area (Å²) in [5, 5.41) is 7.88. The maximum Gasteiger partial charge on any atom is 0.152 e. The van der Waals surface area contributed by atoms with Crippen molar-refractivity contribution in [2.45, 2.75) is 39.8 Å². The normalized spacial score (nSPS) is 21.2. The fourth-order valence-electron chi connectivity index (χ4n) is 2.68. The third kappa shape index (κ3) is 3.30. The molecule has 0 aromatic carbocycles. The maximum absolute atomic E-state index is 11.6. The monoisotopic (exact) mass is 297 g/mol. The zero-order valence-electron chi connectivity index (χ0n) is 12.4. The summed E-state index contributed by atoms with van der Waals surface area (Å²) in [6.45, 7) is 11.4. The number of sulfone groups is 1. The van der Waals surface area contributed by atoms with E-state index >= 15 is 0 Å². The second kappa shape index (κ2) is 5.69. The first-order valence-corrected chi connectivity index (χ1v) is 8.72. The molecule has 0 aliphatic carbocycles. The highest BCUT2D eigenvalue weighted by molar-refractivity contribution is 7.91. The fraction of sp³-hybridized carbons (Fsp3) is 0.643. The summed E-state index contributed by atoms with van der Waals surface area (Å²) in [6.07, 6.45) is 0.670. The minimum absolute atomic E-state index is 0.00593. The molecule has 1 fully saturated rings. The SMILES string of the molecule is C=C(C)CNCc1c(C)nn(C2CCS(=O)(=O)C2)c1C. The Morgan fingerprint density at radius 3 is 2.75 bits per heavy atom. The van der Waals surface area contributed by atoms with E-state index in [-0.39, 0.29) is 17.5 Å². The first-order chi connectivity index (χ1) is 9.30. The molecule has 2 rings (SSSR count). The standard InChI is InChI=1S/C14H23N3O2S/c1-10(2)7-15-8-14-11(3)16-17(12(14)4)13-5-6-20(18,19)9-13/h13,15H,1,5-9H2,2-4H3. The first kappa shape index (κ1) is 15.3. The molecule has 1 saturated heterocycles. The van der Waals surface area contributed by atoms with Crippen molar-refractivity contribution in [1.29, 1.82) is 0 Å². The van der Waals surface area contributed by atoms with Gasteiger partial charge in [0.25, 0.3) is 0 Å². The van der Waals surface area contributed by atoms with Crippen LogP contribution in [0.5, 0.6) is 0 Å². The van der Waals surface area contributed by atoms with E-state index in [0.717, 1.165) is 35.6 Å². The van der Waals surface area contributed by atoms with Crippen LogP contribution in [0.15, 0.2) is 12.2 Å². The first-order valence-electron chi connectivity index (χ1n) is 6.90. The van der Waals surface area contributed by atoms with Crippen LogP contribution in [0.1, 0.15) is 36.3 Å². The van der Waals surface area contributed by atoms with Crippen molar-refractivity contribution in [3.63, 3.8) is 0 Å². The topological polar surface area (TPSA) is 64.0 Å². The third-order valence-corrected chi connectivity index (χ3v) is 5.51. The molecule has 112 valence electrons. The Morgan fingerprint density at radius 1 is 1.50 bits per heavy atom. The molecular weight excluding hydrogens is 274 g/mol. The van der Waals surface area contributed by atoms with Gasteiger partial charge in [0.2, 0.25) is 0 Å². The average Bonchev–Trinajstić information content (AvgIpc) is 2.82. The summed E-state index contributed by atoms with van der Waals surface area (Å²) in [5.41, 5.74) is 4.30. The van der Waals surface area contributed by atoms with Gasteiger partial charge in [-0.2, -0.15) is 5.10 Å². The summed E-state index contributed by atoms with van der Waals surface area (Å²) in [4.78, 5) is 0. The number of nitrogens with zero attached hydrogens (tertiary/aromatic N) is 2. The fourth-order valence-corrected chi connectivity index (χ4v) is 4.37. The highest BCUT2D eigenvalue weighted by atomic mass is 32.2. The van der Waals surface area contributed by atoms with Crippen molar-refractivity contribution in [3.05, 3.63) is 29.1 Å². The highest BCUT2D eigenvalue weighted by Gasteiger charge is 2.31. The lowest BCUT2D eigenvalue weighted by Crippen LogP contribution is -2.17. The number of aromatic nitrogens is 2. The van der Waals surface area contributed by atoms with Gasteiger partial charge in [0, 0.05) is 24.3 Å². The molecule has 2 heterocycles. The van der Waals surface area contributed by atoms with Crippen LogP contribution in [0.2, 0.25) is 0 Å². The van der Waals surface area contributed by atoms with Gasteiger partial charge in [-0.25, -0.2) is 8.42 Å². The van der Waals surface area contributed by atoms with Crippen LogP contribution in [0.4, 0.5) is 0 Å². The summed E-state index contributed by atoms with van der Waals surface area (Å²) < 4.78 is 25.1. The molecule has 0 saturated carbocycles. The molecule has 1 aromatic heterocycles. The maximum atomic E-state index is 11.6. The van der Waals surface area contributed by atoms with Crippen molar-refractivity contribution in [2.75, 3.05) is 18.1 Å². The van der Waals surface area contributed by atoms with Gasteiger partial charge in [-0.05, 0) is 27.2 Å². The van der Waals surface area contributed by atoms with E-state index in [9.17, 15) is 8.42 Å². The van der Waals surface area contributed by atoms with E-state index in [1.54, 1.807) is 0 Å². The minimum atomic E-state index is -2.88. The highest BCUT2D eigenvalue weighted by Crippen LogP contribution is 2.26. The summed E-state index contributed by atoms with van der Waals surface area (Å²) in [7, 11) is -2.88. The summed E-state index contributed by atoms with van der Waals surface area (Å²) in [5.74, 6) is 0.493. The van der Waals surface area contributed by atoms with Crippen LogP contribution in [-0.2, 0) is 16.4 Å². The van der Waals surface area contributed by atoms with Crippen molar-refractivity contribution >= 4 is 9.84 Å². The molecule has 5 nitrogen and oxygen atoms in total. The smallest absolute Gasteiger partial charge is 0.152 e. The lowest BCUT2D eigenvalue weighted by molar-refractivity contribution is 0.485. The Morgan fingerprint density at radius 2 is 2.20 bits per heavy atom. The second-order valence-corrected chi connectivity index (χ2v) is 7.94. The molecule has 1 aromatic rings. The summed E-state index contributed by atoms with van der Waals surface area (Å²) in [6, 6.07) is -0.00593. The Kier molecular flexibility index (Phi) is 4.34. The molecule has 1 aliphatic heterocycles. The van der Waals surface area contributed by atoms with Gasteiger partial charge in [0.05, 0.1) is 23.2 Å². The number of aryl methyl sites for hydroxylation is 1. The van der Waals surface area contributed by atoms with Crippen LogP contribution < -0.4 is 5.32 Å². The van der Waals surface area contributed by atoms with E-state index in [1.165, 1.54) is 0 Å². The average molecular weight is 297 g/mol. The van der Waals surface area contributed by atoms with Crippen LogP contribution in [0.25, 0.3) is 0 Å². The van der Waals surface area contributed by atoms with E-state index in [4.69, 9.17) is 0 Å². The van der Waals surface area contributed by atoms with Crippen molar-refractivity contribution in [2.24, 2.45) is 0 Å². The lowest BCUT2D eigenvalue weighted by Gasteiger charge is -2.11. The van der Waals surface area contributed by atoms with Crippen molar-refractivity contribution in [1.82, 2.24) is 15.1 Å². The van der Waals surface area contributed by atoms with E-state index < -0.39 is 9.84 Å². The molecule has 0 bridgehead atoms. The zero-order valence-corrected chi connectivity index (χ0v) is 13.3. The van der Waals surface area contributed by atoms with E-state index in [2.05, 4.69) is 17.0 Å². The molecule has 20 heavy (non-hydrogen) atoms. The molecule has 1 N–H and O–H groups in total. The third-order valence-electron chi connectivity index (χ3n) is 3.76. The summed E-state index contributed by atoms with van der Waals surface area (Å²) >= 11 is 0. The molecule has 0 radical (unpaired) electrons. The number of hydrogen-bond acceptors (Lipinski definition) is 4. The predicted molar refractivity (Wildman–Crippen MR) is 80.5 cm³/mol. The minimum Gasteiger partial charge on any atom is -0.309 e. The van der Waals surface area contributed by atoms with Gasteiger partial charge in [-0.3, -0.25) is 4.68 Å². The lowest BCUT2D eigenvalue weighted by atomic mass is 10.2. The predicted octanol–water partition coefficient (Wildman–Crippen LogP) is 1.53.